The quantitative estimate of drug-likeness (QED) is 0.174. The highest BCUT2D eigenvalue weighted by Gasteiger charge is 2.25. The fourth-order valence-electron chi connectivity index (χ4n) is 9.24. The number of para-hydroxylation sites is 3. The van der Waals surface area contributed by atoms with Crippen LogP contribution in [0.15, 0.2) is 188 Å². The largest absolute Gasteiger partial charge is 0.457 e. The van der Waals surface area contributed by atoms with Gasteiger partial charge in [0.2, 0.25) is 0 Å². The van der Waals surface area contributed by atoms with E-state index in [1.165, 1.54) is 21.6 Å². The smallest absolute Gasteiger partial charge is 0.137 e. The van der Waals surface area contributed by atoms with E-state index in [1.807, 2.05) is 24.3 Å². The maximum atomic E-state index is 9.13. The van der Waals surface area contributed by atoms with Gasteiger partial charge in [0.1, 0.15) is 24.0 Å². The number of nitrogens with zero attached hydrogens (tertiary/aromatic N) is 4. The molecule has 62 heavy (non-hydrogen) atoms. The van der Waals surface area contributed by atoms with Gasteiger partial charge in [-0.15, -0.1) is 0 Å². The van der Waals surface area contributed by atoms with Crippen LogP contribution in [0.5, 0.6) is 11.5 Å². The molecule has 0 saturated heterocycles. The normalized spacial score (nSPS) is 15.3. The summed E-state index contributed by atoms with van der Waals surface area (Å²) in [5.74, 6) is 0.776. The second kappa shape index (κ2) is 14.1. The number of pyridine rings is 1. The van der Waals surface area contributed by atoms with Crippen molar-refractivity contribution < 1.29 is 21.2 Å². The topological polar surface area (TPSA) is 35.2 Å². The second-order valence-corrected chi connectivity index (χ2v) is 15.7. The first kappa shape index (κ1) is 25.7. The van der Waals surface area contributed by atoms with Gasteiger partial charge >= 0.3 is 0 Å². The minimum atomic E-state index is -2.89. The number of hydrogen-bond acceptors (Lipinski definition) is 3. The van der Waals surface area contributed by atoms with E-state index in [-0.39, 0.29) is 39.5 Å². The second-order valence-electron chi connectivity index (χ2n) is 15.7. The Balaban J connectivity index is 1.02. The lowest BCUT2D eigenvalue weighted by Crippen LogP contribution is -2.14. The average Bonchev–Trinajstić information content (AvgIpc) is 4.00. The lowest BCUT2D eigenvalue weighted by atomic mass is 9.99. The Hall–Kier alpha value is -7.89. The highest BCUT2D eigenvalue weighted by atomic mass is 16.5. The first-order valence-corrected chi connectivity index (χ1v) is 20.3. The molecule has 0 aliphatic carbocycles. The summed E-state index contributed by atoms with van der Waals surface area (Å²) in [5.41, 5.74) is 5.80. The number of anilines is 2. The maximum absolute atomic E-state index is 9.13. The SMILES string of the molecule is [2H]c1c([2H])c([2H])c(-c2cnc(-n3c4cc(Oc5cccc(N6Cn7c8c(C)cccc8c8cc(C)ccc8c8ccccc8c8cccc6c87)c5)ccc4c4c([2H])c([2H])c([2H])c([2H])c43)cc2C([2H])([2H])[2H])c([2H])c1[2H]. The molecule has 0 unspecified atom stereocenters. The summed E-state index contributed by atoms with van der Waals surface area (Å²) in [6, 6.07) is 37.4. The van der Waals surface area contributed by atoms with Crippen molar-refractivity contribution in [3.63, 3.8) is 0 Å². The van der Waals surface area contributed by atoms with Gasteiger partial charge in [-0.1, -0.05) is 133 Å². The van der Waals surface area contributed by atoms with Crippen LogP contribution < -0.4 is 9.64 Å². The lowest BCUT2D eigenvalue weighted by Gasteiger charge is -2.21. The molecule has 0 N–H and O–H groups in total. The molecule has 4 heterocycles. The molecule has 296 valence electrons. The zero-order chi connectivity index (χ0) is 51.8. The zero-order valence-electron chi connectivity index (χ0n) is 45.6. The van der Waals surface area contributed by atoms with Gasteiger partial charge in [-0.25, -0.2) is 4.98 Å². The van der Waals surface area contributed by atoms with E-state index in [4.69, 9.17) is 21.2 Å². The van der Waals surface area contributed by atoms with Crippen molar-refractivity contribution in [3.05, 3.63) is 205 Å². The number of rotatable bonds is 5. The van der Waals surface area contributed by atoms with Crippen molar-refractivity contribution in [1.29, 1.82) is 0 Å². The van der Waals surface area contributed by atoms with E-state index in [9.17, 15) is 0 Å². The molecule has 0 saturated carbocycles. The van der Waals surface area contributed by atoms with Crippen LogP contribution in [0.3, 0.4) is 0 Å². The number of benzene rings is 8. The van der Waals surface area contributed by atoms with Crippen molar-refractivity contribution in [2.45, 2.75) is 27.4 Å². The lowest BCUT2D eigenvalue weighted by molar-refractivity contribution is 0.483. The molecule has 5 heteroatoms. The third-order valence-corrected chi connectivity index (χ3v) is 12.0. The van der Waals surface area contributed by atoms with Gasteiger partial charge < -0.3 is 14.2 Å². The summed E-state index contributed by atoms with van der Waals surface area (Å²) < 4.78 is 114. The minimum absolute atomic E-state index is 0.0269. The molecule has 0 atom stereocenters. The Morgan fingerprint density at radius 3 is 2.16 bits per heavy atom. The Morgan fingerprint density at radius 2 is 1.29 bits per heavy atom. The predicted octanol–water partition coefficient (Wildman–Crippen LogP) is 15.2. The predicted molar refractivity (Wildman–Crippen MR) is 259 cm³/mol. The van der Waals surface area contributed by atoms with Gasteiger partial charge in [-0.2, -0.15) is 0 Å². The number of aryl methyl sites for hydroxylation is 3. The molecule has 5 nitrogen and oxygen atoms in total. The molecular formula is C57H42N4O. The summed E-state index contributed by atoms with van der Waals surface area (Å²) in [4.78, 5) is 6.88. The van der Waals surface area contributed by atoms with E-state index in [0.717, 1.165) is 61.1 Å². The Bertz CT molecular complexity index is 4320. The van der Waals surface area contributed by atoms with Gasteiger partial charge in [0.25, 0.3) is 0 Å². The number of fused-ring (bicyclic) bond motifs is 10. The molecule has 1 aliphatic rings. The van der Waals surface area contributed by atoms with Crippen molar-refractivity contribution in [3.8, 4) is 28.4 Å². The van der Waals surface area contributed by atoms with Gasteiger partial charge in [-0.3, -0.25) is 4.57 Å². The van der Waals surface area contributed by atoms with E-state index < -0.39 is 55.2 Å². The van der Waals surface area contributed by atoms with Gasteiger partial charge in [0.15, 0.2) is 0 Å². The zero-order valence-corrected chi connectivity index (χ0v) is 33.6. The third kappa shape index (κ3) is 5.66. The number of hydrogen-bond donors (Lipinski definition) is 0. The van der Waals surface area contributed by atoms with Crippen LogP contribution in [-0.4, -0.2) is 14.1 Å². The molecular weight excluding hydrogens is 757 g/mol. The van der Waals surface area contributed by atoms with Gasteiger partial charge in [0.05, 0.1) is 40.1 Å². The molecule has 8 aromatic carbocycles. The molecule has 0 fully saturated rings. The van der Waals surface area contributed by atoms with Crippen LogP contribution in [0.2, 0.25) is 0 Å². The average molecular weight is 811 g/mol. The molecule has 12 rings (SSSR count). The van der Waals surface area contributed by atoms with Crippen LogP contribution in [0.4, 0.5) is 11.4 Å². The minimum Gasteiger partial charge on any atom is -0.457 e. The first-order chi connectivity index (χ1) is 35.4. The number of aromatic nitrogens is 3. The van der Waals surface area contributed by atoms with Crippen LogP contribution >= 0.6 is 0 Å². The Labute approximate surface area is 376 Å². The molecule has 0 amide bonds. The maximum Gasteiger partial charge on any atom is 0.137 e. The highest BCUT2D eigenvalue weighted by Crippen LogP contribution is 2.44. The summed E-state index contributed by atoms with van der Waals surface area (Å²) >= 11 is 0. The third-order valence-electron chi connectivity index (χ3n) is 12.0. The summed E-state index contributed by atoms with van der Waals surface area (Å²) in [7, 11) is 0. The molecule has 11 aromatic rings. The van der Waals surface area contributed by atoms with E-state index in [1.54, 1.807) is 18.2 Å². The van der Waals surface area contributed by atoms with Gasteiger partial charge in [0, 0.05) is 55.2 Å². The molecule has 3 aromatic heterocycles. The van der Waals surface area contributed by atoms with Crippen LogP contribution in [0.25, 0.3) is 82.1 Å². The Kier molecular flexibility index (Phi) is 5.84. The van der Waals surface area contributed by atoms with Crippen LogP contribution in [-0.2, 0) is 6.67 Å². The molecule has 0 radical (unpaired) electrons. The van der Waals surface area contributed by atoms with Crippen LogP contribution in [0, 0.1) is 20.7 Å². The van der Waals surface area contributed by atoms with E-state index >= 15 is 0 Å². The fourth-order valence-corrected chi connectivity index (χ4v) is 9.24. The number of ether oxygens (including phenoxy) is 1. The molecule has 0 spiro atoms. The molecule has 1 aliphatic heterocycles. The van der Waals surface area contributed by atoms with E-state index in [0.29, 0.717) is 29.1 Å². The highest BCUT2D eigenvalue weighted by molar-refractivity contribution is 6.21. The fraction of sp³-hybridized carbons (Fsp3) is 0.0702. The summed E-state index contributed by atoms with van der Waals surface area (Å²) in [5, 5.41) is 7.41. The summed E-state index contributed by atoms with van der Waals surface area (Å²) in [6.07, 6.45) is 1.13. The Morgan fingerprint density at radius 1 is 0.565 bits per heavy atom. The van der Waals surface area contributed by atoms with Crippen molar-refractivity contribution in [2.75, 3.05) is 4.90 Å². The monoisotopic (exact) mass is 810 g/mol. The van der Waals surface area contributed by atoms with Crippen molar-refractivity contribution >= 4 is 76.5 Å². The van der Waals surface area contributed by atoms with Crippen molar-refractivity contribution in [1.82, 2.24) is 14.1 Å². The van der Waals surface area contributed by atoms with Crippen LogP contribution in [0.1, 0.15) is 33.1 Å². The van der Waals surface area contributed by atoms with E-state index in [2.05, 4.69) is 107 Å². The van der Waals surface area contributed by atoms with Gasteiger partial charge in [-0.05, 0) is 101 Å². The summed E-state index contributed by atoms with van der Waals surface area (Å²) in [6.45, 7) is 1.88. The van der Waals surface area contributed by atoms with Crippen molar-refractivity contribution in [2.24, 2.45) is 0 Å². The first-order valence-electron chi connectivity index (χ1n) is 26.3. The standard InChI is InChI=1S/C57H42N4O/c1-36-26-28-45-43-19-7-8-20-44(43)48-23-13-25-53-57(48)60(56-37(2)14-11-22-49(56)50(45)30-36)35-59(53)40-17-12-18-41(32-40)62-42-27-29-47-46-21-9-10-24-52(46)61(54(47)33-42)55-31-38(3)51(34-58-55)39-15-5-4-6-16-39/h4-34H,35H2,1-3H3/i3D3,4D,5D,6D,9D,10D,15D,16D,21D,24D. The molecule has 0 bridgehead atoms.